The summed E-state index contributed by atoms with van der Waals surface area (Å²) >= 11 is 1.17. The number of benzene rings is 2. The minimum absolute atomic E-state index is 0.0129. The molecule has 0 spiro atoms. The van der Waals surface area contributed by atoms with Gasteiger partial charge in [-0.1, -0.05) is 35.9 Å². The predicted octanol–water partition coefficient (Wildman–Crippen LogP) is 5.36. The van der Waals surface area contributed by atoms with E-state index < -0.39 is 17.6 Å². The van der Waals surface area contributed by atoms with E-state index in [2.05, 4.69) is 10.1 Å². The van der Waals surface area contributed by atoms with E-state index in [1.54, 1.807) is 6.07 Å². The molecule has 0 fully saturated rings. The Labute approximate surface area is 174 Å². The first-order chi connectivity index (χ1) is 14.2. The summed E-state index contributed by atoms with van der Waals surface area (Å²) in [6, 6.07) is 7.85. The molecule has 10 heteroatoms. The summed E-state index contributed by atoms with van der Waals surface area (Å²) in [4.78, 5) is 6.39. The highest BCUT2D eigenvalue weighted by molar-refractivity contribution is 7.22. The Morgan fingerprint density at radius 3 is 2.63 bits per heavy atom. The van der Waals surface area contributed by atoms with E-state index in [0.29, 0.717) is 34.0 Å². The van der Waals surface area contributed by atoms with E-state index in [9.17, 15) is 17.6 Å². The molecular weight excluding hydrogens is 420 g/mol. The number of alkyl halides is 3. The number of oxime groups is 1. The molecule has 2 aromatic carbocycles. The molecule has 1 heterocycles. The third-order valence-electron chi connectivity index (χ3n) is 4.55. The molecule has 0 saturated heterocycles. The van der Waals surface area contributed by atoms with Crippen LogP contribution in [0.1, 0.15) is 36.5 Å². The minimum Gasteiger partial charge on any atom is -0.409 e. The van der Waals surface area contributed by atoms with Gasteiger partial charge in [0.05, 0.1) is 21.3 Å². The Kier molecular flexibility index (Phi) is 6.45. The third kappa shape index (κ3) is 4.81. The number of anilines is 1. The van der Waals surface area contributed by atoms with E-state index in [0.717, 1.165) is 25.0 Å². The Morgan fingerprint density at radius 2 is 2.00 bits per heavy atom. The molecule has 3 N–H and O–H groups in total. The van der Waals surface area contributed by atoms with E-state index in [1.807, 2.05) is 11.8 Å². The fourth-order valence-corrected chi connectivity index (χ4v) is 3.98. The zero-order chi connectivity index (χ0) is 21.9. The van der Waals surface area contributed by atoms with Crippen molar-refractivity contribution in [1.29, 1.82) is 0 Å². The molecule has 0 radical (unpaired) electrons. The molecule has 0 aliphatic heterocycles. The molecule has 0 aliphatic rings. The lowest BCUT2D eigenvalue weighted by Gasteiger charge is -2.22. The van der Waals surface area contributed by atoms with Crippen LogP contribution in [0.25, 0.3) is 10.2 Å². The van der Waals surface area contributed by atoms with Gasteiger partial charge in [0.25, 0.3) is 0 Å². The first-order valence-electron chi connectivity index (χ1n) is 9.22. The van der Waals surface area contributed by atoms with Gasteiger partial charge in [0.2, 0.25) is 0 Å². The van der Waals surface area contributed by atoms with Gasteiger partial charge < -0.3 is 15.8 Å². The third-order valence-corrected chi connectivity index (χ3v) is 5.63. The number of thiazole rings is 1. The Hall–Kier alpha value is -2.88. The summed E-state index contributed by atoms with van der Waals surface area (Å²) < 4.78 is 53.7. The quantitative estimate of drug-likeness (QED) is 0.171. The highest BCUT2D eigenvalue weighted by Crippen LogP contribution is 2.35. The zero-order valence-electron chi connectivity index (χ0n) is 16.1. The van der Waals surface area contributed by atoms with Gasteiger partial charge in [-0.2, -0.15) is 13.2 Å². The summed E-state index contributed by atoms with van der Waals surface area (Å²) in [6.45, 7) is 2.96. The van der Waals surface area contributed by atoms with Crippen molar-refractivity contribution in [2.75, 3.05) is 11.4 Å². The molecule has 5 nitrogen and oxygen atoms in total. The molecule has 0 aliphatic carbocycles. The highest BCUT2D eigenvalue weighted by Gasteiger charge is 2.31. The van der Waals surface area contributed by atoms with Crippen LogP contribution >= 0.6 is 11.3 Å². The number of aromatic nitrogens is 1. The summed E-state index contributed by atoms with van der Waals surface area (Å²) in [5, 5.41) is 12.1. The van der Waals surface area contributed by atoms with Crippen LogP contribution in [0.2, 0.25) is 0 Å². The van der Waals surface area contributed by atoms with Crippen molar-refractivity contribution in [1.82, 2.24) is 4.98 Å². The lowest BCUT2D eigenvalue weighted by molar-refractivity contribution is -0.137. The minimum atomic E-state index is -4.42. The molecule has 0 atom stereocenters. The van der Waals surface area contributed by atoms with Gasteiger partial charge in [0.1, 0.15) is 5.82 Å². The van der Waals surface area contributed by atoms with Gasteiger partial charge in [-0.25, -0.2) is 9.37 Å². The van der Waals surface area contributed by atoms with Crippen LogP contribution in [-0.2, 0) is 12.7 Å². The number of nitrogens with two attached hydrogens (primary N) is 1. The molecule has 160 valence electrons. The van der Waals surface area contributed by atoms with Crippen molar-refractivity contribution >= 4 is 32.5 Å². The number of hydrogen-bond acceptors (Lipinski definition) is 5. The van der Waals surface area contributed by atoms with Crippen LogP contribution in [0.4, 0.5) is 22.7 Å². The van der Waals surface area contributed by atoms with Crippen LogP contribution in [0, 0.1) is 5.82 Å². The normalized spacial score (nSPS) is 12.5. The van der Waals surface area contributed by atoms with Gasteiger partial charge in [0, 0.05) is 13.1 Å². The van der Waals surface area contributed by atoms with Gasteiger partial charge in [0.15, 0.2) is 11.0 Å². The second kappa shape index (κ2) is 8.86. The van der Waals surface area contributed by atoms with Gasteiger partial charge in [-0.15, -0.1) is 0 Å². The topological polar surface area (TPSA) is 74.7 Å². The summed E-state index contributed by atoms with van der Waals surface area (Å²) in [6.07, 6.45) is -2.66. The number of unbranched alkanes of at least 4 members (excludes halogenated alkanes) is 1. The number of rotatable bonds is 7. The molecular formula is C20H20F4N4OS. The van der Waals surface area contributed by atoms with Crippen molar-refractivity contribution in [3.63, 3.8) is 0 Å². The molecule has 3 rings (SSSR count). The first-order valence-corrected chi connectivity index (χ1v) is 10.0. The van der Waals surface area contributed by atoms with E-state index in [1.165, 1.54) is 29.5 Å². The van der Waals surface area contributed by atoms with Crippen molar-refractivity contribution in [3.05, 3.63) is 58.9 Å². The average molecular weight is 440 g/mol. The smallest absolute Gasteiger partial charge is 0.409 e. The van der Waals surface area contributed by atoms with Crippen molar-refractivity contribution < 1.29 is 22.8 Å². The van der Waals surface area contributed by atoms with Gasteiger partial charge >= 0.3 is 6.18 Å². The van der Waals surface area contributed by atoms with Crippen LogP contribution in [-0.4, -0.2) is 22.6 Å². The SMILES string of the molecule is CCCCN(Cc1ccc(/C(N)=N/O)c(F)c1)c1nc2ccc(C(F)(F)F)cc2s1. The van der Waals surface area contributed by atoms with Crippen LogP contribution in [0.5, 0.6) is 0 Å². The predicted molar refractivity (Wildman–Crippen MR) is 109 cm³/mol. The second-order valence-electron chi connectivity index (χ2n) is 6.75. The highest BCUT2D eigenvalue weighted by atomic mass is 32.1. The molecule has 0 saturated carbocycles. The van der Waals surface area contributed by atoms with Crippen LogP contribution in [0.3, 0.4) is 0 Å². The number of nitrogens with zero attached hydrogens (tertiary/aromatic N) is 3. The Morgan fingerprint density at radius 1 is 1.23 bits per heavy atom. The summed E-state index contributed by atoms with van der Waals surface area (Å²) in [5.41, 5.74) is 5.84. The standard InChI is InChI=1S/C20H20F4N4OS/c1-2-3-8-28(11-12-4-6-14(15(21)9-12)18(25)27-29)19-26-16-7-5-13(20(22,23)24)10-17(16)30-19/h4-7,9-10,29H,2-3,8,11H2,1H3,(H2,25,27). The zero-order valence-corrected chi connectivity index (χ0v) is 16.9. The largest absolute Gasteiger partial charge is 0.416 e. The summed E-state index contributed by atoms with van der Waals surface area (Å²) in [7, 11) is 0. The molecule has 3 aromatic rings. The number of fused-ring (bicyclic) bond motifs is 1. The summed E-state index contributed by atoms with van der Waals surface area (Å²) in [5.74, 6) is -0.953. The lowest BCUT2D eigenvalue weighted by Crippen LogP contribution is -2.24. The first kappa shape index (κ1) is 21.8. The molecule has 0 unspecified atom stereocenters. The second-order valence-corrected chi connectivity index (χ2v) is 7.76. The van der Waals surface area contributed by atoms with Gasteiger partial charge in [-0.3, -0.25) is 0 Å². The van der Waals surface area contributed by atoms with E-state index in [-0.39, 0.29) is 11.4 Å². The molecule has 0 amide bonds. The molecule has 0 bridgehead atoms. The lowest BCUT2D eigenvalue weighted by atomic mass is 10.1. The van der Waals surface area contributed by atoms with E-state index in [4.69, 9.17) is 10.9 Å². The maximum Gasteiger partial charge on any atom is 0.416 e. The molecule has 1 aromatic heterocycles. The van der Waals surface area contributed by atoms with Crippen molar-refractivity contribution in [2.45, 2.75) is 32.5 Å². The van der Waals surface area contributed by atoms with Crippen molar-refractivity contribution in [3.8, 4) is 0 Å². The van der Waals surface area contributed by atoms with Crippen LogP contribution in [0.15, 0.2) is 41.6 Å². The van der Waals surface area contributed by atoms with Gasteiger partial charge in [-0.05, 0) is 42.3 Å². The fraction of sp³-hybridized carbons (Fsp3) is 0.300. The number of hydrogen-bond donors (Lipinski definition) is 2. The monoisotopic (exact) mass is 440 g/mol. The average Bonchev–Trinajstić information content (AvgIpc) is 3.13. The Bertz CT molecular complexity index is 1060. The molecule has 30 heavy (non-hydrogen) atoms. The van der Waals surface area contributed by atoms with E-state index >= 15 is 0 Å². The Balaban J connectivity index is 1.91. The van der Waals surface area contributed by atoms with Crippen LogP contribution < -0.4 is 10.6 Å². The maximum atomic E-state index is 14.3. The maximum absolute atomic E-state index is 14.3. The fourth-order valence-electron chi connectivity index (χ4n) is 2.95. The van der Waals surface area contributed by atoms with Crippen molar-refractivity contribution in [2.24, 2.45) is 10.9 Å². The number of halogens is 4. The number of amidine groups is 1.